The van der Waals surface area contributed by atoms with E-state index in [0.717, 1.165) is 31.2 Å². The van der Waals surface area contributed by atoms with Crippen molar-refractivity contribution in [1.82, 2.24) is 10.6 Å². The first-order chi connectivity index (χ1) is 13.4. The SMILES string of the molecule is CCCCCCC(=O)NC(C(=O)NCCc1ccc(OC)c(OC)c1)C(C)C. The topological polar surface area (TPSA) is 76.7 Å². The van der Waals surface area contributed by atoms with Gasteiger partial charge in [-0.1, -0.05) is 46.1 Å². The maximum atomic E-state index is 12.5. The van der Waals surface area contributed by atoms with Crippen molar-refractivity contribution in [1.29, 1.82) is 0 Å². The molecule has 6 nitrogen and oxygen atoms in total. The summed E-state index contributed by atoms with van der Waals surface area (Å²) >= 11 is 0. The molecule has 0 bridgehead atoms. The van der Waals surface area contributed by atoms with Gasteiger partial charge in [-0.15, -0.1) is 0 Å². The summed E-state index contributed by atoms with van der Waals surface area (Å²) in [5.74, 6) is 1.18. The number of nitrogens with one attached hydrogen (secondary N) is 2. The summed E-state index contributed by atoms with van der Waals surface area (Å²) in [6, 6.07) is 5.20. The molecule has 28 heavy (non-hydrogen) atoms. The Hall–Kier alpha value is -2.24. The maximum absolute atomic E-state index is 12.5. The lowest BCUT2D eigenvalue weighted by molar-refractivity contribution is -0.130. The molecule has 0 heterocycles. The molecule has 0 aliphatic carbocycles. The van der Waals surface area contributed by atoms with Crippen LogP contribution in [-0.4, -0.2) is 38.6 Å². The number of unbranched alkanes of at least 4 members (excludes halogenated alkanes) is 3. The molecular formula is C22H36N2O4. The van der Waals surface area contributed by atoms with Gasteiger partial charge in [0.25, 0.3) is 0 Å². The average Bonchev–Trinajstić information content (AvgIpc) is 2.68. The molecule has 0 aliphatic rings. The second kappa shape index (κ2) is 13.0. The van der Waals surface area contributed by atoms with Gasteiger partial charge >= 0.3 is 0 Å². The Kier molecular flexibility index (Phi) is 11.1. The molecule has 0 aromatic heterocycles. The summed E-state index contributed by atoms with van der Waals surface area (Å²) in [5, 5.41) is 5.82. The predicted molar refractivity (Wildman–Crippen MR) is 112 cm³/mol. The number of hydrogen-bond donors (Lipinski definition) is 2. The van der Waals surface area contributed by atoms with E-state index in [9.17, 15) is 9.59 Å². The molecule has 0 saturated heterocycles. The van der Waals surface area contributed by atoms with Crippen molar-refractivity contribution in [2.24, 2.45) is 5.92 Å². The largest absolute Gasteiger partial charge is 0.493 e. The predicted octanol–water partition coefficient (Wildman–Crippen LogP) is 3.47. The summed E-state index contributed by atoms with van der Waals surface area (Å²) in [5.41, 5.74) is 1.04. The number of carbonyl (C=O) groups is 2. The number of ether oxygens (including phenoxy) is 2. The Morgan fingerprint density at radius 1 is 1.04 bits per heavy atom. The molecule has 1 rings (SSSR count). The minimum absolute atomic E-state index is 0.0284. The molecule has 2 amide bonds. The summed E-state index contributed by atoms with van der Waals surface area (Å²) in [4.78, 5) is 24.7. The van der Waals surface area contributed by atoms with Gasteiger partial charge in [-0.25, -0.2) is 0 Å². The summed E-state index contributed by atoms with van der Waals surface area (Å²) in [6.45, 7) is 6.51. The highest BCUT2D eigenvalue weighted by molar-refractivity contribution is 5.87. The van der Waals surface area contributed by atoms with Gasteiger partial charge in [0, 0.05) is 13.0 Å². The van der Waals surface area contributed by atoms with Crippen LogP contribution in [0.1, 0.15) is 58.4 Å². The molecular weight excluding hydrogens is 356 g/mol. The highest BCUT2D eigenvalue weighted by Crippen LogP contribution is 2.27. The van der Waals surface area contributed by atoms with Crippen molar-refractivity contribution < 1.29 is 19.1 Å². The quantitative estimate of drug-likeness (QED) is 0.504. The van der Waals surface area contributed by atoms with Gasteiger partial charge in [0.05, 0.1) is 14.2 Å². The van der Waals surface area contributed by atoms with E-state index in [1.54, 1.807) is 14.2 Å². The van der Waals surface area contributed by atoms with Crippen molar-refractivity contribution in [3.8, 4) is 11.5 Å². The second-order valence-electron chi connectivity index (χ2n) is 7.33. The molecule has 158 valence electrons. The lowest BCUT2D eigenvalue weighted by Gasteiger charge is -2.22. The first kappa shape index (κ1) is 23.8. The zero-order chi connectivity index (χ0) is 20.9. The fourth-order valence-electron chi connectivity index (χ4n) is 2.97. The van der Waals surface area contributed by atoms with E-state index in [1.807, 2.05) is 32.0 Å². The molecule has 1 aromatic carbocycles. The van der Waals surface area contributed by atoms with Crippen LogP contribution in [-0.2, 0) is 16.0 Å². The molecule has 2 N–H and O–H groups in total. The fraction of sp³-hybridized carbons (Fsp3) is 0.636. The van der Waals surface area contributed by atoms with Crippen LogP contribution in [0, 0.1) is 5.92 Å². The monoisotopic (exact) mass is 392 g/mol. The Morgan fingerprint density at radius 2 is 1.75 bits per heavy atom. The van der Waals surface area contributed by atoms with Crippen molar-refractivity contribution in [2.45, 2.75) is 65.3 Å². The first-order valence-corrected chi connectivity index (χ1v) is 10.2. The van der Waals surface area contributed by atoms with Crippen molar-refractivity contribution >= 4 is 11.8 Å². The maximum Gasteiger partial charge on any atom is 0.242 e. The number of carbonyl (C=O) groups excluding carboxylic acids is 2. The molecule has 1 atom stereocenters. The van der Waals surface area contributed by atoms with Crippen LogP contribution < -0.4 is 20.1 Å². The minimum atomic E-state index is -0.510. The van der Waals surface area contributed by atoms with Crippen LogP contribution in [0.15, 0.2) is 18.2 Å². The van der Waals surface area contributed by atoms with Crippen LogP contribution >= 0.6 is 0 Å². The highest BCUT2D eigenvalue weighted by Gasteiger charge is 2.23. The van der Waals surface area contributed by atoms with E-state index in [0.29, 0.717) is 30.9 Å². The van der Waals surface area contributed by atoms with Crippen LogP contribution in [0.4, 0.5) is 0 Å². The Labute approximate surface area is 169 Å². The third-order valence-electron chi connectivity index (χ3n) is 4.68. The van der Waals surface area contributed by atoms with E-state index in [4.69, 9.17) is 9.47 Å². The van der Waals surface area contributed by atoms with Crippen molar-refractivity contribution in [3.63, 3.8) is 0 Å². The van der Waals surface area contributed by atoms with Gasteiger partial charge in [0.2, 0.25) is 11.8 Å². The Bertz CT molecular complexity index is 617. The summed E-state index contributed by atoms with van der Waals surface area (Å²) in [6.07, 6.45) is 5.33. The van der Waals surface area contributed by atoms with E-state index in [1.165, 1.54) is 0 Å². The zero-order valence-electron chi connectivity index (χ0n) is 18.0. The standard InChI is InChI=1S/C22H36N2O4/c1-6-7-8-9-10-20(25)24-21(16(2)3)22(26)23-14-13-17-11-12-18(27-4)19(15-17)28-5/h11-12,15-16,21H,6-10,13-14H2,1-5H3,(H,23,26)(H,24,25). The highest BCUT2D eigenvalue weighted by atomic mass is 16.5. The normalized spacial score (nSPS) is 11.8. The van der Waals surface area contributed by atoms with E-state index >= 15 is 0 Å². The van der Waals surface area contributed by atoms with Gasteiger partial charge in [0.1, 0.15) is 6.04 Å². The second-order valence-corrected chi connectivity index (χ2v) is 7.33. The van der Waals surface area contributed by atoms with Crippen molar-refractivity contribution in [2.75, 3.05) is 20.8 Å². The third kappa shape index (κ3) is 8.19. The minimum Gasteiger partial charge on any atom is -0.493 e. The van der Waals surface area contributed by atoms with Crippen LogP contribution in [0.5, 0.6) is 11.5 Å². The van der Waals surface area contributed by atoms with Crippen LogP contribution in [0.25, 0.3) is 0 Å². The van der Waals surface area contributed by atoms with E-state index < -0.39 is 6.04 Å². The zero-order valence-corrected chi connectivity index (χ0v) is 18.0. The van der Waals surface area contributed by atoms with Gasteiger partial charge in [-0.2, -0.15) is 0 Å². The lowest BCUT2D eigenvalue weighted by atomic mass is 10.0. The Morgan fingerprint density at radius 3 is 2.36 bits per heavy atom. The molecule has 0 spiro atoms. The smallest absolute Gasteiger partial charge is 0.242 e. The molecule has 1 aromatic rings. The number of amides is 2. The number of benzene rings is 1. The van der Waals surface area contributed by atoms with E-state index in [2.05, 4.69) is 17.6 Å². The number of hydrogen-bond acceptors (Lipinski definition) is 4. The third-order valence-corrected chi connectivity index (χ3v) is 4.68. The molecule has 0 saturated carbocycles. The summed E-state index contributed by atoms with van der Waals surface area (Å²) < 4.78 is 10.5. The summed E-state index contributed by atoms with van der Waals surface area (Å²) in [7, 11) is 3.20. The average molecular weight is 393 g/mol. The van der Waals surface area contributed by atoms with Gasteiger partial charge < -0.3 is 20.1 Å². The molecule has 0 fully saturated rings. The molecule has 1 unspecified atom stereocenters. The number of methoxy groups -OCH3 is 2. The van der Waals surface area contributed by atoms with Crippen LogP contribution in [0.3, 0.4) is 0 Å². The Balaban J connectivity index is 2.50. The molecule has 0 aliphatic heterocycles. The fourth-order valence-corrected chi connectivity index (χ4v) is 2.97. The van der Waals surface area contributed by atoms with Gasteiger partial charge in [-0.3, -0.25) is 9.59 Å². The first-order valence-electron chi connectivity index (χ1n) is 10.2. The molecule has 6 heteroatoms. The van der Waals surface area contributed by atoms with Gasteiger partial charge in [0.15, 0.2) is 11.5 Å². The van der Waals surface area contributed by atoms with Crippen molar-refractivity contribution in [3.05, 3.63) is 23.8 Å². The molecule has 0 radical (unpaired) electrons. The van der Waals surface area contributed by atoms with Crippen LogP contribution in [0.2, 0.25) is 0 Å². The lowest BCUT2D eigenvalue weighted by Crippen LogP contribution is -2.50. The number of rotatable bonds is 13. The van der Waals surface area contributed by atoms with Gasteiger partial charge in [-0.05, 0) is 36.5 Å². The van der Waals surface area contributed by atoms with E-state index in [-0.39, 0.29) is 17.7 Å².